The summed E-state index contributed by atoms with van der Waals surface area (Å²) in [7, 11) is 0. The number of phenolic OH excluding ortho intramolecular Hbond substituents is 1. The van der Waals surface area contributed by atoms with Gasteiger partial charge >= 0.3 is 0 Å². The maximum atomic E-state index is 9.83. The van der Waals surface area contributed by atoms with Gasteiger partial charge in [0, 0.05) is 17.9 Å². The second kappa shape index (κ2) is 4.56. The maximum Gasteiger partial charge on any atom is 0.234 e. The van der Waals surface area contributed by atoms with E-state index in [0.717, 1.165) is 21.4 Å². The van der Waals surface area contributed by atoms with Gasteiger partial charge in [-0.3, -0.25) is 0 Å². The Morgan fingerprint density at radius 3 is 2.85 bits per heavy atom. The van der Waals surface area contributed by atoms with Crippen molar-refractivity contribution in [1.29, 1.82) is 0 Å². The lowest BCUT2D eigenvalue weighted by Crippen LogP contribution is -2.13. The van der Waals surface area contributed by atoms with Crippen LogP contribution in [0.4, 0.5) is 0 Å². The molecular weight excluding hydrogens is 272 g/mol. The number of para-hydroxylation sites is 1. The molecule has 0 bridgehead atoms. The molecule has 3 aromatic rings. The largest absolute Gasteiger partial charge is 0.508 e. The molecule has 0 atom stereocenters. The molecule has 2 aromatic heterocycles. The molecule has 1 aromatic carbocycles. The van der Waals surface area contributed by atoms with E-state index in [4.69, 9.17) is 0 Å². The van der Waals surface area contributed by atoms with Crippen LogP contribution in [-0.4, -0.2) is 24.9 Å². The molecule has 0 spiro atoms. The van der Waals surface area contributed by atoms with Crippen molar-refractivity contribution in [3.8, 4) is 5.75 Å². The highest BCUT2D eigenvalue weighted by molar-refractivity contribution is 7.16. The molecule has 102 valence electrons. The van der Waals surface area contributed by atoms with Crippen LogP contribution in [-0.2, 0) is 6.42 Å². The highest BCUT2D eigenvalue weighted by Gasteiger charge is 2.26. The van der Waals surface area contributed by atoms with Crippen LogP contribution in [0.15, 0.2) is 24.3 Å². The number of rotatable bonds is 3. The van der Waals surface area contributed by atoms with Gasteiger partial charge < -0.3 is 5.11 Å². The van der Waals surface area contributed by atoms with Gasteiger partial charge in [0.2, 0.25) is 4.96 Å². The number of hydrogen-bond donors (Lipinski definition) is 1. The smallest absolute Gasteiger partial charge is 0.234 e. The molecule has 20 heavy (non-hydrogen) atoms. The summed E-state index contributed by atoms with van der Waals surface area (Å²) in [4.78, 5) is 0.845. The van der Waals surface area contributed by atoms with Gasteiger partial charge in [0.1, 0.15) is 10.8 Å². The van der Waals surface area contributed by atoms with Gasteiger partial charge in [0.25, 0.3) is 0 Å². The molecule has 0 amide bonds. The first kappa shape index (κ1) is 11.8. The molecule has 5 nitrogen and oxygen atoms in total. The molecular formula is C14H14N4OS. The van der Waals surface area contributed by atoms with Crippen LogP contribution in [0.1, 0.15) is 41.6 Å². The van der Waals surface area contributed by atoms with Crippen LogP contribution in [0.2, 0.25) is 0 Å². The standard InChI is InChI=1S/C14H14N4OS/c19-11-7-2-1-4-10(11)8-12-17-18-13(9-5-3-6-9)15-16-14(18)20-12/h1-2,4,7,9,19H,3,5-6,8H2. The van der Waals surface area contributed by atoms with Crippen molar-refractivity contribution < 1.29 is 5.11 Å². The van der Waals surface area contributed by atoms with Crippen LogP contribution in [0.25, 0.3) is 4.96 Å². The number of benzene rings is 1. The lowest BCUT2D eigenvalue weighted by Gasteiger charge is -2.22. The highest BCUT2D eigenvalue weighted by atomic mass is 32.1. The van der Waals surface area contributed by atoms with Gasteiger partial charge in [0.05, 0.1) is 0 Å². The molecule has 2 heterocycles. The number of aromatic nitrogens is 4. The monoisotopic (exact) mass is 286 g/mol. The lowest BCUT2D eigenvalue weighted by molar-refractivity contribution is 0.395. The van der Waals surface area contributed by atoms with Crippen molar-refractivity contribution in [1.82, 2.24) is 19.8 Å². The average molecular weight is 286 g/mol. The Hall–Kier alpha value is -1.95. The molecule has 1 aliphatic carbocycles. The van der Waals surface area contributed by atoms with E-state index in [0.29, 0.717) is 18.1 Å². The minimum Gasteiger partial charge on any atom is -0.508 e. The first-order valence-corrected chi connectivity index (χ1v) is 7.61. The molecule has 0 unspecified atom stereocenters. The van der Waals surface area contributed by atoms with Crippen molar-refractivity contribution in [3.05, 3.63) is 40.7 Å². The summed E-state index contributed by atoms with van der Waals surface area (Å²) in [5.41, 5.74) is 0.891. The van der Waals surface area contributed by atoms with Crippen molar-refractivity contribution in [3.63, 3.8) is 0 Å². The summed E-state index contributed by atoms with van der Waals surface area (Å²) in [5, 5.41) is 23.9. The zero-order valence-corrected chi connectivity index (χ0v) is 11.7. The van der Waals surface area contributed by atoms with Crippen molar-refractivity contribution in [2.45, 2.75) is 31.6 Å². The maximum absolute atomic E-state index is 9.83. The number of hydrogen-bond acceptors (Lipinski definition) is 5. The van der Waals surface area contributed by atoms with Gasteiger partial charge in [0.15, 0.2) is 5.82 Å². The molecule has 6 heteroatoms. The zero-order chi connectivity index (χ0) is 13.5. The number of aromatic hydroxyl groups is 1. The fourth-order valence-corrected chi connectivity index (χ4v) is 3.35. The number of phenols is 1. The van der Waals surface area contributed by atoms with E-state index < -0.39 is 0 Å². The Morgan fingerprint density at radius 2 is 2.10 bits per heavy atom. The first-order chi connectivity index (χ1) is 9.81. The van der Waals surface area contributed by atoms with E-state index in [-0.39, 0.29) is 0 Å². The molecule has 0 aliphatic heterocycles. The molecule has 0 radical (unpaired) electrons. The molecule has 1 N–H and O–H groups in total. The van der Waals surface area contributed by atoms with Crippen LogP contribution < -0.4 is 0 Å². The first-order valence-electron chi connectivity index (χ1n) is 6.79. The SMILES string of the molecule is Oc1ccccc1Cc1nn2c(C3CCC3)nnc2s1. The third kappa shape index (κ3) is 1.87. The molecule has 1 saturated carbocycles. The van der Waals surface area contributed by atoms with Gasteiger partial charge in [-0.05, 0) is 18.9 Å². The molecule has 0 saturated heterocycles. The third-order valence-corrected chi connectivity index (χ3v) is 4.76. The Morgan fingerprint density at radius 1 is 1.25 bits per heavy atom. The predicted molar refractivity (Wildman–Crippen MR) is 76.2 cm³/mol. The second-order valence-corrected chi connectivity index (χ2v) is 6.22. The number of fused-ring (bicyclic) bond motifs is 1. The van der Waals surface area contributed by atoms with E-state index in [9.17, 15) is 5.11 Å². The topological polar surface area (TPSA) is 63.3 Å². The summed E-state index contributed by atoms with van der Waals surface area (Å²) < 4.78 is 1.88. The molecule has 1 aliphatic rings. The summed E-state index contributed by atoms with van der Waals surface area (Å²) in [6.07, 6.45) is 4.28. The van der Waals surface area contributed by atoms with E-state index in [1.54, 1.807) is 17.4 Å². The van der Waals surface area contributed by atoms with E-state index in [1.165, 1.54) is 19.3 Å². The van der Waals surface area contributed by atoms with Crippen LogP contribution in [0.5, 0.6) is 5.75 Å². The Balaban J connectivity index is 1.67. The second-order valence-electron chi connectivity index (χ2n) is 5.18. The van der Waals surface area contributed by atoms with E-state index in [2.05, 4.69) is 15.3 Å². The lowest BCUT2D eigenvalue weighted by atomic mass is 9.85. The minimum atomic E-state index is 0.317. The van der Waals surface area contributed by atoms with Crippen LogP contribution in [0.3, 0.4) is 0 Å². The minimum absolute atomic E-state index is 0.317. The predicted octanol–water partition coefficient (Wildman–Crippen LogP) is 2.75. The zero-order valence-electron chi connectivity index (χ0n) is 10.9. The summed E-state index contributed by atoms with van der Waals surface area (Å²) >= 11 is 1.54. The van der Waals surface area contributed by atoms with E-state index in [1.807, 2.05) is 22.7 Å². The van der Waals surface area contributed by atoms with Crippen molar-refractivity contribution >= 4 is 16.3 Å². The molecule has 4 rings (SSSR count). The van der Waals surface area contributed by atoms with Gasteiger partial charge in [-0.1, -0.05) is 36.0 Å². The Labute approximate surface area is 119 Å². The fraction of sp³-hybridized carbons (Fsp3) is 0.357. The van der Waals surface area contributed by atoms with E-state index >= 15 is 0 Å². The summed E-state index contributed by atoms with van der Waals surface area (Å²) in [6, 6.07) is 7.38. The molecule has 1 fully saturated rings. The third-order valence-electron chi connectivity index (χ3n) is 3.86. The number of nitrogens with zero attached hydrogens (tertiary/aromatic N) is 4. The van der Waals surface area contributed by atoms with Crippen LogP contribution >= 0.6 is 11.3 Å². The normalized spacial score (nSPS) is 15.6. The quantitative estimate of drug-likeness (QED) is 0.804. The summed E-state index contributed by atoms with van der Waals surface area (Å²) in [6.45, 7) is 0. The Bertz CT molecular complexity index is 759. The fourth-order valence-electron chi connectivity index (χ4n) is 2.49. The summed E-state index contributed by atoms with van der Waals surface area (Å²) in [5.74, 6) is 1.83. The van der Waals surface area contributed by atoms with Gasteiger partial charge in [-0.2, -0.15) is 9.61 Å². The van der Waals surface area contributed by atoms with Crippen molar-refractivity contribution in [2.24, 2.45) is 0 Å². The van der Waals surface area contributed by atoms with Crippen molar-refractivity contribution in [2.75, 3.05) is 0 Å². The van der Waals surface area contributed by atoms with Crippen LogP contribution in [0, 0.1) is 0 Å². The van der Waals surface area contributed by atoms with Gasteiger partial charge in [-0.15, -0.1) is 10.2 Å². The van der Waals surface area contributed by atoms with Gasteiger partial charge in [-0.25, -0.2) is 0 Å². The highest BCUT2D eigenvalue weighted by Crippen LogP contribution is 2.35. The average Bonchev–Trinajstić information content (AvgIpc) is 2.92. The Kier molecular flexibility index (Phi) is 2.70.